The topological polar surface area (TPSA) is 127 Å². The summed E-state index contributed by atoms with van der Waals surface area (Å²) in [6.45, 7) is 5.19. The average molecular weight is 487 g/mol. The molecular weight excluding hydrogens is 459 g/mol. The van der Waals surface area contributed by atoms with Crippen LogP contribution in [0.1, 0.15) is 31.9 Å². The first-order valence-corrected chi connectivity index (χ1v) is 11.2. The van der Waals surface area contributed by atoms with E-state index in [-0.39, 0.29) is 19.5 Å². The largest absolute Gasteiger partial charge is 0.444 e. The number of β-amino-alcohol motifs (C(OH)–C–C–N with tert-alkyl or cyclic N) is 1. The van der Waals surface area contributed by atoms with Gasteiger partial charge in [0.05, 0.1) is 12.6 Å². The van der Waals surface area contributed by atoms with E-state index in [0.717, 1.165) is 5.56 Å². The number of carbonyl (C=O) groups is 2. The number of ether oxygens (including phenoxy) is 2. The van der Waals surface area contributed by atoms with Crippen LogP contribution < -0.4 is 5.32 Å². The van der Waals surface area contributed by atoms with E-state index in [1.165, 1.54) is 23.1 Å². The maximum absolute atomic E-state index is 13.4. The highest BCUT2D eigenvalue weighted by Gasteiger charge is 2.47. The molecule has 0 saturated carbocycles. The Morgan fingerprint density at radius 3 is 2.69 bits per heavy atom. The Morgan fingerprint density at radius 2 is 1.94 bits per heavy atom. The van der Waals surface area contributed by atoms with Crippen molar-refractivity contribution < 1.29 is 33.2 Å². The highest BCUT2D eigenvalue weighted by Crippen LogP contribution is 2.28. The summed E-state index contributed by atoms with van der Waals surface area (Å²) in [5.74, 6) is -0.420. The molecule has 3 aromatic rings. The van der Waals surface area contributed by atoms with Gasteiger partial charge < -0.3 is 19.9 Å². The number of likely N-dealkylation sites (tertiary alicyclic amines) is 1. The number of aliphatic hydroxyl groups excluding tert-OH is 1. The second-order valence-electron chi connectivity index (χ2n) is 9.41. The molecule has 1 fully saturated rings. The lowest BCUT2D eigenvalue weighted by Gasteiger charge is -2.30. The summed E-state index contributed by atoms with van der Waals surface area (Å²) < 4.78 is 29.2. The number of hydrogen-bond acceptors (Lipinski definition) is 8. The van der Waals surface area contributed by atoms with Crippen LogP contribution in [0.15, 0.2) is 47.1 Å². The summed E-state index contributed by atoms with van der Waals surface area (Å²) in [7, 11) is 0. The Labute approximate surface area is 200 Å². The van der Waals surface area contributed by atoms with Crippen molar-refractivity contribution in [2.24, 2.45) is 0 Å². The molecule has 1 aromatic heterocycles. The Bertz CT molecular complexity index is 1210. The molecule has 11 heteroatoms. The van der Waals surface area contributed by atoms with Crippen LogP contribution in [0, 0.1) is 5.82 Å². The molecule has 0 unspecified atom stereocenters. The first-order valence-electron chi connectivity index (χ1n) is 11.2. The van der Waals surface area contributed by atoms with Crippen molar-refractivity contribution in [3.63, 3.8) is 0 Å². The standard InChI is InChI=1S/C24H27FN4O6/c1-24(2,3)34-23(32)29-13-20(30)21(33-22(31)26-12-15-5-4-6-16(25)9-15)19(29)11-14-7-8-17-18(10-14)28-35-27-17/h4-10,19-21,30H,11-13H2,1-3H3,(H,26,31)/t19-,20+,21+/m1/s1. The molecule has 2 amide bonds. The maximum atomic E-state index is 13.4. The van der Waals surface area contributed by atoms with E-state index < -0.39 is 41.9 Å². The number of alkyl carbamates (subject to hydrolysis) is 1. The molecule has 1 aliphatic rings. The van der Waals surface area contributed by atoms with Crippen LogP contribution in [0.2, 0.25) is 0 Å². The summed E-state index contributed by atoms with van der Waals surface area (Å²) >= 11 is 0. The molecule has 186 valence electrons. The minimum absolute atomic E-state index is 0.0374. The van der Waals surface area contributed by atoms with Crippen molar-refractivity contribution >= 4 is 23.2 Å². The van der Waals surface area contributed by atoms with Crippen LogP contribution in [-0.2, 0) is 22.4 Å². The first-order chi connectivity index (χ1) is 16.6. The highest BCUT2D eigenvalue weighted by atomic mass is 19.1. The zero-order chi connectivity index (χ0) is 25.2. The van der Waals surface area contributed by atoms with Gasteiger partial charge in [-0.3, -0.25) is 4.90 Å². The monoisotopic (exact) mass is 486 g/mol. The number of fused-ring (bicyclic) bond motifs is 1. The SMILES string of the molecule is CC(C)(C)OC(=O)N1C[C@H](O)[C@@H](OC(=O)NCc2cccc(F)c2)[C@H]1Cc1ccc2nonc2c1. The van der Waals surface area contributed by atoms with Gasteiger partial charge in [-0.1, -0.05) is 18.2 Å². The van der Waals surface area contributed by atoms with Crippen LogP contribution >= 0.6 is 0 Å². The molecule has 0 radical (unpaired) electrons. The van der Waals surface area contributed by atoms with Crippen LogP contribution in [0.4, 0.5) is 14.0 Å². The Hall–Kier alpha value is -3.73. The number of benzene rings is 2. The molecular formula is C24H27FN4O6. The molecule has 2 N–H and O–H groups in total. The zero-order valence-corrected chi connectivity index (χ0v) is 19.6. The van der Waals surface area contributed by atoms with Gasteiger partial charge in [-0.05, 0) is 72.9 Å². The normalized spacial score (nSPS) is 20.1. The smallest absolute Gasteiger partial charge is 0.410 e. The average Bonchev–Trinajstić information content (AvgIpc) is 3.36. The minimum atomic E-state index is -1.13. The van der Waals surface area contributed by atoms with Gasteiger partial charge in [0.2, 0.25) is 0 Å². The van der Waals surface area contributed by atoms with Gasteiger partial charge in [0.1, 0.15) is 28.6 Å². The summed E-state index contributed by atoms with van der Waals surface area (Å²) in [5, 5.41) is 20.9. The van der Waals surface area contributed by atoms with Gasteiger partial charge in [-0.25, -0.2) is 18.6 Å². The van der Waals surface area contributed by atoms with E-state index in [1.807, 2.05) is 0 Å². The van der Waals surface area contributed by atoms with E-state index in [2.05, 4.69) is 15.6 Å². The molecule has 2 heterocycles. The van der Waals surface area contributed by atoms with Crippen LogP contribution in [0.25, 0.3) is 11.0 Å². The van der Waals surface area contributed by atoms with E-state index in [4.69, 9.17) is 14.1 Å². The molecule has 0 spiro atoms. The van der Waals surface area contributed by atoms with Crippen molar-refractivity contribution in [3.8, 4) is 0 Å². The maximum Gasteiger partial charge on any atom is 0.410 e. The lowest BCUT2D eigenvalue weighted by atomic mass is 10.0. The highest BCUT2D eigenvalue weighted by molar-refractivity contribution is 5.74. The fraction of sp³-hybridized carbons (Fsp3) is 0.417. The molecule has 35 heavy (non-hydrogen) atoms. The molecule has 1 aliphatic heterocycles. The summed E-state index contributed by atoms with van der Waals surface area (Å²) in [4.78, 5) is 26.8. The number of aliphatic hydroxyl groups is 1. The first kappa shape index (κ1) is 24.4. The Kier molecular flexibility index (Phi) is 6.88. The molecule has 0 aliphatic carbocycles. The summed E-state index contributed by atoms with van der Waals surface area (Å²) in [6, 6.07) is 10.4. The van der Waals surface area contributed by atoms with Crippen LogP contribution in [-0.4, -0.2) is 62.9 Å². The van der Waals surface area contributed by atoms with E-state index in [0.29, 0.717) is 16.6 Å². The van der Waals surface area contributed by atoms with Gasteiger partial charge in [0.25, 0.3) is 0 Å². The number of aromatic nitrogens is 2. The van der Waals surface area contributed by atoms with Gasteiger partial charge in [0.15, 0.2) is 6.10 Å². The third-order valence-electron chi connectivity index (χ3n) is 5.50. The Morgan fingerprint density at radius 1 is 1.17 bits per heavy atom. The van der Waals surface area contributed by atoms with E-state index in [1.54, 1.807) is 45.0 Å². The fourth-order valence-electron chi connectivity index (χ4n) is 3.97. The predicted octanol–water partition coefficient (Wildman–Crippen LogP) is 3.18. The molecule has 0 bridgehead atoms. The minimum Gasteiger partial charge on any atom is -0.444 e. The van der Waals surface area contributed by atoms with E-state index in [9.17, 15) is 19.1 Å². The number of hydrogen-bond donors (Lipinski definition) is 2. The molecule has 10 nitrogen and oxygen atoms in total. The number of nitrogens with zero attached hydrogens (tertiary/aromatic N) is 3. The summed E-state index contributed by atoms with van der Waals surface area (Å²) in [5.41, 5.74) is 1.69. The van der Waals surface area contributed by atoms with Crippen molar-refractivity contribution in [2.75, 3.05) is 6.54 Å². The third kappa shape index (κ3) is 6.04. The molecule has 4 rings (SSSR count). The van der Waals surface area contributed by atoms with Crippen molar-refractivity contribution in [1.29, 1.82) is 0 Å². The number of halogens is 1. The Balaban J connectivity index is 1.51. The van der Waals surface area contributed by atoms with Gasteiger partial charge in [-0.2, -0.15) is 0 Å². The van der Waals surface area contributed by atoms with Crippen LogP contribution in [0.5, 0.6) is 0 Å². The van der Waals surface area contributed by atoms with Gasteiger partial charge in [-0.15, -0.1) is 0 Å². The number of rotatable bonds is 5. The van der Waals surface area contributed by atoms with Crippen LogP contribution in [0.3, 0.4) is 0 Å². The van der Waals surface area contributed by atoms with Crippen molar-refractivity contribution in [1.82, 2.24) is 20.5 Å². The van der Waals surface area contributed by atoms with E-state index >= 15 is 0 Å². The number of carbonyl (C=O) groups excluding carboxylic acids is 2. The lowest BCUT2D eigenvalue weighted by molar-refractivity contribution is 0.00589. The lowest BCUT2D eigenvalue weighted by Crippen LogP contribution is -2.46. The number of nitrogens with one attached hydrogen (secondary N) is 1. The summed E-state index contributed by atoms with van der Waals surface area (Å²) in [6.07, 6.45) is -3.34. The molecule has 3 atom stereocenters. The van der Waals surface area contributed by atoms with Gasteiger partial charge in [0, 0.05) is 6.54 Å². The van der Waals surface area contributed by atoms with Crippen molar-refractivity contribution in [3.05, 3.63) is 59.4 Å². The molecule has 1 saturated heterocycles. The zero-order valence-electron chi connectivity index (χ0n) is 19.6. The quantitative estimate of drug-likeness (QED) is 0.563. The molecule has 2 aromatic carbocycles. The fourth-order valence-corrected chi connectivity index (χ4v) is 3.97. The number of amides is 2. The predicted molar refractivity (Wildman–Crippen MR) is 122 cm³/mol. The second kappa shape index (κ2) is 9.87. The van der Waals surface area contributed by atoms with Crippen molar-refractivity contribution in [2.45, 2.75) is 57.6 Å². The van der Waals surface area contributed by atoms with Gasteiger partial charge >= 0.3 is 12.2 Å². The second-order valence-corrected chi connectivity index (χ2v) is 9.41. The third-order valence-corrected chi connectivity index (χ3v) is 5.50.